The van der Waals surface area contributed by atoms with E-state index in [1.165, 1.54) is 0 Å². The maximum absolute atomic E-state index is 11.9. The first-order chi connectivity index (χ1) is 12.2. The topological polar surface area (TPSA) is 90.0 Å². The first-order valence-corrected chi connectivity index (χ1v) is 8.36. The Kier molecular flexibility index (Phi) is 5.39. The molecule has 2 aromatic heterocycles. The lowest BCUT2D eigenvalue weighted by Gasteiger charge is -2.34. The number of carbonyl (C=O) groups excluding carboxylic acids is 1. The van der Waals surface area contributed by atoms with Crippen molar-refractivity contribution >= 4 is 11.7 Å². The van der Waals surface area contributed by atoms with Crippen LogP contribution in [0.15, 0.2) is 31.0 Å². The van der Waals surface area contributed by atoms with E-state index in [-0.39, 0.29) is 5.91 Å². The first kappa shape index (κ1) is 17.1. The molecule has 8 heteroatoms. The Morgan fingerprint density at radius 3 is 2.76 bits per heavy atom. The molecule has 0 unspecified atom stereocenters. The first-order valence-electron chi connectivity index (χ1n) is 8.36. The number of aromatic amines is 1. The second-order valence-corrected chi connectivity index (χ2v) is 6.00. The van der Waals surface area contributed by atoms with Crippen LogP contribution in [0, 0.1) is 6.92 Å². The molecule has 2 aromatic rings. The number of H-pyrrole nitrogens is 1. The Morgan fingerprint density at radius 2 is 2.16 bits per heavy atom. The summed E-state index contributed by atoms with van der Waals surface area (Å²) in [6.07, 6.45) is 3.27. The molecule has 0 saturated carbocycles. The lowest BCUT2D eigenvalue weighted by atomic mass is 10.2. The molecule has 8 nitrogen and oxygen atoms in total. The van der Waals surface area contributed by atoms with Crippen LogP contribution in [0.25, 0.3) is 0 Å². The van der Waals surface area contributed by atoms with Gasteiger partial charge in [0.15, 0.2) is 5.82 Å². The van der Waals surface area contributed by atoms with Gasteiger partial charge in [-0.25, -0.2) is 9.97 Å². The fourth-order valence-corrected chi connectivity index (χ4v) is 2.77. The summed E-state index contributed by atoms with van der Waals surface area (Å²) in [7, 11) is 0. The van der Waals surface area contributed by atoms with E-state index in [1.54, 1.807) is 12.3 Å². The second-order valence-electron chi connectivity index (χ2n) is 6.00. The number of amides is 1. The molecule has 0 atom stereocenters. The van der Waals surface area contributed by atoms with Crippen LogP contribution in [0.1, 0.15) is 22.0 Å². The summed E-state index contributed by atoms with van der Waals surface area (Å²) in [5, 5.41) is 9.81. The van der Waals surface area contributed by atoms with Crippen molar-refractivity contribution in [2.24, 2.45) is 0 Å². The molecule has 1 fully saturated rings. The normalized spacial score (nSPS) is 15.2. The number of nitrogens with zero attached hydrogens (tertiary/aromatic N) is 5. The van der Waals surface area contributed by atoms with Gasteiger partial charge in [-0.3, -0.25) is 14.8 Å². The highest BCUT2D eigenvalue weighted by Crippen LogP contribution is 2.15. The molecule has 1 aliphatic heterocycles. The molecule has 25 heavy (non-hydrogen) atoms. The molecule has 0 aromatic carbocycles. The number of aromatic nitrogens is 4. The molecular weight excluding hydrogens is 318 g/mol. The zero-order chi connectivity index (χ0) is 17.6. The minimum Gasteiger partial charge on any atom is -0.354 e. The largest absolute Gasteiger partial charge is 0.354 e. The quantitative estimate of drug-likeness (QED) is 0.754. The van der Waals surface area contributed by atoms with E-state index >= 15 is 0 Å². The van der Waals surface area contributed by atoms with Crippen LogP contribution in [0.2, 0.25) is 0 Å². The summed E-state index contributed by atoms with van der Waals surface area (Å²) >= 11 is 0. The number of anilines is 1. The summed E-state index contributed by atoms with van der Waals surface area (Å²) in [4.78, 5) is 25.2. The molecule has 1 saturated heterocycles. The standard InChI is InChI=1S/C17H23N7O/c1-3-6-18-17(25)14-4-5-16(19-11-14)24-9-7-23(8-10-24)12-15-20-13(2)21-22-15/h3-5,11H,1,6-10,12H2,2H3,(H,18,25)(H,20,21,22). The van der Waals surface area contributed by atoms with Crippen LogP contribution in [0.5, 0.6) is 0 Å². The average Bonchev–Trinajstić information content (AvgIpc) is 3.05. The molecule has 132 valence electrons. The molecule has 3 heterocycles. The van der Waals surface area contributed by atoms with E-state index in [0.717, 1.165) is 50.2 Å². The van der Waals surface area contributed by atoms with Crippen molar-refractivity contribution in [3.63, 3.8) is 0 Å². The Bertz CT molecular complexity index is 717. The van der Waals surface area contributed by atoms with Gasteiger partial charge in [-0.15, -0.1) is 6.58 Å². The molecule has 0 radical (unpaired) electrons. The number of rotatable bonds is 6. The Morgan fingerprint density at radius 1 is 1.36 bits per heavy atom. The Balaban J connectivity index is 1.52. The van der Waals surface area contributed by atoms with E-state index in [2.05, 4.69) is 41.9 Å². The lowest BCUT2D eigenvalue weighted by molar-refractivity contribution is 0.0957. The summed E-state index contributed by atoms with van der Waals surface area (Å²) in [6.45, 7) is 10.3. The fraction of sp³-hybridized carbons (Fsp3) is 0.412. The molecule has 3 rings (SSSR count). The number of hydrogen-bond acceptors (Lipinski definition) is 6. The third kappa shape index (κ3) is 4.42. The highest BCUT2D eigenvalue weighted by Gasteiger charge is 2.19. The summed E-state index contributed by atoms with van der Waals surface area (Å²) in [6, 6.07) is 3.71. The van der Waals surface area contributed by atoms with Gasteiger partial charge in [0.25, 0.3) is 5.91 Å². The number of aryl methyl sites for hydroxylation is 1. The minimum absolute atomic E-state index is 0.134. The van der Waals surface area contributed by atoms with Gasteiger partial charge in [-0.2, -0.15) is 5.10 Å². The van der Waals surface area contributed by atoms with E-state index in [4.69, 9.17) is 0 Å². The highest BCUT2D eigenvalue weighted by atomic mass is 16.1. The summed E-state index contributed by atoms with van der Waals surface area (Å²) < 4.78 is 0. The van der Waals surface area contributed by atoms with Gasteiger partial charge < -0.3 is 10.2 Å². The van der Waals surface area contributed by atoms with Gasteiger partial charge >= 0.3 is 0 Å². The van der Waals surface area contributed by atoms with Crippen molar-refractivity contribution in [3.8, 4) is 0 Å². The third-order valence-electron chi connectivity index (χ3n) is 4.12. The average molecular weight is 341 g/mol. The SMILES string of the molecule is C=CCNC(=O)c1ccc(N2CCN(Cc3n[nH]c(C)n3)CC2)nc1. The van der Waals surface area contributed by atoms with Crippen LogP contribution in [0.3, 0.4) is 0 Å². The van der Waals surface area contributed by atoms with Crippen molar-refractivity contribution in [2.45, 2.75) is 13.5 Å². The molecule has 1 aliphatic rings. The van der Waals surface area contributed by atoms with Crippen molar-refractivity contribution in [1.82, 2.24) is 30.4 Å². The minimum atomic E-state index is -0.134. The van der Waals surface area contributed by atoms with Gasteiger partial charge in [-0.05, 0) is 19.1 Å². The van der Waals surface area contributed by atoms with Crippen LogP contribution >= 0.6 is 0 Å². The zero-order valence-corrected chi connectivity index (χ0v) is 14.4. The van der Waals surface area contributed by atoms with Gasteiger partial charge in [0.1, 0.15) is 11.6 Å². The van der Waals surface area contributed by atoms with Crippen LogP contribution in [-0.2, 0) is 6.54 Å². The van der Waals surface area contributed by atoms with E-state index in [1.807, 2.05) is 19.1 Å². The smallest absolute Gasteiger partial charge is 0.253 e. The predicted octanol–water partition coefficient (Wildman–Crippen LogP) is 0.746. The van der Waals surface area contributed by atoms with E-state index < -0.39 is 0 Å². The number of nitrogens with one attached hydrogen (secondary N) is 2. The zero-order valence-electron chi connectivity index (χ0n) is 14.4. The third-order valence-corrected chi connectivity index (χ3v) is 4.12. The van der Waals surface area contributed by atoms with Gasteiger partial charge in [0.05, 0.1) is 12.1 Å². The van der Waals surface area contributed by atoms with Crippen molar-refractivity contribution in [3.05, 3.63) is 48.2 Å². The summed E-state index contributed by atoms with van der Waals surface area (Å²) in [5.41, 5.74) is 0.559. The van der Waals surface area contributed by atoms with Crippen LogP contribution in [0.4, 0.5) is 5.82 Å². The summed E-state index contributed by atoms with van der Waals surface area (Å²) in [5.74, 6) is 2.44. The molecule has 1 amide bonds. The molecular formula is C17H23N7O. The van der Waals surface area contributed by atoms with Crippen molar-refractivity contribution in [1.29, 1.82) is 0 Å². The van der Waals surface area contributed by atoms with Crippen molar-refractivity contribution in [2.75, 3.05) is 37.6 Å². The number of piperazine rings is 1. The number of hydrogen-bond donors (Lipinski definition) is 2. The Labute approximate surface area is 147 Å². The van der Waals surface area contributed by atoms with Crippen LogP contribution < -0.4 is 10.2 Å². The molecule has 2 N–H and O–H groups in total. The monoisotopic (exact) mass is 341 g/mol. The molecule has 0 aliphatic carbocycles. The van der Waals surface area contributed by atoms with E-state index in [9.17, 15) is 4.79 Å². The Hall–Kier alpha value is -2.74. The maximum Gasteiger partial charge on any atom is 0.253 e. The predicted molar refractivity (Wildman–Crippen MR) is 95.4 cm³/mol. The molecule has 0 spiro atoms. The number of pyridine rings is 1. The van der Waals surface area contributed by atoms with E-state index in [0.29, 0.717) is 12.1 Å². The fourth-order valence-electron chi connectivity index (χ4n) is 2.77. The van der Waals surface area contributed by atoms with Gasteiger partial charge in [-0.1, -0.05) is 6.08 Å². The lowest BCUT2D eigenvalue weighted by Crippen LogP contribution is -2.46. The second kappa shape index (κ2) is 7.89. The number of carbonyl (C=O) groups is 1. The van der Waals surface area contributed by atoms with Gasteiger partial charge in [0, 0.05) is 38.9 Å². The maximum atomic E-state index is 11.9. The van der Waals surface area contributed by atoms with Gasteiger partial charge in [0.2, 0.25) is 0 Å². The van der Waals surface area contributed by atoms with Crippen molar-refractivity contribution < 1.29 is 4.79 Å². The molecule has 0 bridgehead atoms. The highest BCUT2D eigenvalue weighted by molar-refractivity contribution is 5.94. The van der Waals surface area contributed by atoms with Crippen LogP contribution in [-0.4, -0.2) is 63.7 Å².